The van der Waals surface area contributed by atoms with Crippen molar-refractivity contribution >= 4 is 34.5 Å². The van der Waals surface area contributed by atoms with Gasteiger partial charge in [-0.2, -0.15) is 0 Å². The van der Waals surface area contributed by atoms with Crippen molar-refractivity contribution in [3.05, 3.63) is 23.6 Å². The summed E-state index contributed by atoms with van der Waals surface area (Å²) in [6.07, 6.45) is 2.68. The zero-order chi connectivity index (χ0) is 20.7. The molecular formula is C19H28ClN5O3. The fraction of sp³-hybridized carbons (Fsp3) is 0.579. The highest BCUT2D eigenvalue weighted by Gasteiger charge is 2.28. The Morgan fingerprint density at radius 2 is 2.07 bits per heavy atom. The molecule has 0 bridgehead atoms. The highest BCUT2D eigenvalue weighted by Crippen LogP contribution is 2.21. The molecular weight excluding hydrogens is 382 g/mol. The molecule has 0 spiro atoms. The van der Waals surface area contributed by atoms with E-state index >= 15 is 0 Å². The van der Waals surface area contributed by atoms with Gasteiger partial charge in [0.1, 0.15) is 16.3 Å². The second-order valence-corrected chi connectivity index (χ2v) is 7.40. The normalized spacial score (nSPS) is 16.9. The Morgan fingerprint density at radius 1 is 1.36 bits per heavy atom. The fourth-order valence-electron chi connectivity index (χ4n) is 2.61. The van der Waals surface area contributed by atoms with Crippen LogP contribution in [-0.2, 0) is 9.47 Å². The molecule has 1 N–H and O–H groups in total. The molecule has 1 amide bonds. The van der Waals surface area contributed by atoms with Gasteiger partial charge in [-0.05, 0) is 20.8 Å². The molecule has 154 valence electrons. The van der Waals surface area contributed by atoms with Crippen molar-refractivity contribution in [2.75, 3.05) is 31.6 Å². The zero-order valence-electron chi connectivity index (χ0n) is 17.0. The summed E-state index contributed by atoms with van der Waals surface area (Å²) in [5.41, 5.74) is 0.775. The van der Waals surface area contributed by atoms with Crippen LogP contribution < -0.4 is 5.32 Å². The lowest BCUT2D eigenvalue weighted by Crippen LogP contribution is -2.49. The molecule has 1 fully saturated rings. The maximum absolute atomic E-state index is 12.2. The number of nitrogens with one attached hydrogen (secondary N) is 1. The van der Waals surface area contributed by atoms with Gasteiger partial charge in [0.05, 0.1) is 24.8 Å². The van der Waals surface area contributed by atoms with Gasteiger partial charge in [-0.15, -0.1) is 0 Å². The average molecular weight is 410 g/mol. The van der Waals surface area contributed by atoms with Crippen molar-refractivity contribution in [2.45, 2.75) is 46.3 Å². The minimum Gasteiger partial charge on any atom is -0.444 e. The lowest BCUT2D eigenvalue weighted by molar-refractivity contribution is -0.0371. The number of halogens is 1. The van der Waals surface area contributed by atoms with E-state index in [-0.39, 0.29) is 12.2 Å². The maximum Gasteiger partial charge on any atom is 0.410 e. The van der Waals surface area contributed by atoms with E-state index in [2.05, 4.69) is 20.3 Å². The van der Waals surface area contributed by atoms with E-state index in [1.807, 2.05) is 34.6 Å². The van der Waals surface area contributed by atoms with Crippen LogP contribution in [0.2, 0.25) is 5.15 Å². The highest BCUT2D eigenvalue weighted by molar-refractivity contribution is 6.30. The number of hydrogen-bond acceptors (Lipinski definition) is 7. The van der Waals surface area contributed by atoms with Crippen molar-refractivity contribution in [1.29, 1.82) is 0 Å². The molecule has 0 aliphatic carbocycles. The molecule has 9 heteroatoms. The van der Waals surface area contributed by atoms with E-state index < -0.39 is 5.60 Å². The zero-order valence-corrected chi connectivity index (χ0v) is 17.8. The molecule has 0 unspecified atom stereocenters. The van der Waals surface area contributed by atoms with Gasteiger partial charge in [0.25, 0.3) is 0 Å². The molecule has 2 aromatic rings. The summed E-state index contributed by atoms with van der Waals surface area (Å²) in [5, 5.41) is 3.54. The number of amides is 1. The van der Waals surface area contributed by atoms with Crippen LogP contribution in [0.1, 0.15) is 34.6 Å². The number of carbonyl (C=O) groups is 1. The lowest BCUT2D eigenvalue weighted by Gasteiger charge is -2.34. The Bertz CT molecular complexity index is 797. The minimum atomic E-state index is -0.522. The summed E-state index contributed by atoms with van der Waals surface area (Å²) in [6, 6.07) is 1.66. The third-order valence-electron chi connectivity index (χ3n) is 3.71. The third kappa shape index (κ3) is 6.17. The van der Waals surface area contributed by atoms with Crippen LogP contribution in [0.4, 0.5) is 10.6 Å². The number of carbonyl (C=O) groups excluding carboxylic acids is 1. The van der Waals surface area contributed by atoms with Crippen LogP contribution in [0, 0.1) is 0 Å². The second-order valence-electron chi connectivity index (χ2n) is 7.02. The number of morpholine rings is 1. The quantitative estimate of drug-likeness (QED) is 0.772. The van der Waals surface area contributed by atoms with Gasteiger partial charge >= 0.3 is 6.09 Å². The first kappa shape index (κ1) is 22.1. The summed E-state index contributed by atoms with van der Waals surface area (Å²) in [4.78, 5) is 26.7. The molecule has 1 saturated heterocycles. The van der Waals surface area contributed by atoms with Gasteiger partial charge in [-0.1, -0.05) is 25.4 Å². The van der Waals surface area contributed by atoms with Gasteiger partial charge in [-0.25, -0.2) is 14.8 Å². The van der Waals surface area contributed by atoms with Crippen molar-refractivity contribution in [3.63, 3.8) is 0 Å². The van der Waals surface area contributed by atoms with Crippen LogP contribution >= 0.6 is 11.6 Å². The van der Waals surface area contributed by atoms with Crippen LogP contribution in [0.5, 0.6) is 0 Å². The first-order valence-corrected chi connectivity index (χ1v) is 9.80. The second kappa shape index (κ2) is 9.84. The Hall–Kier alpha value is -2.19. The number of ether oxygens (including phenoxy) is 2. The molecule has 1 aliphatic heterocycles. The summed E-state index contributed by atoms with van der Waals surface area (Å²) < 4.78 is 11.2. The van der Waals surface area contributed by atoms with E-state index in [0.717, 1.165) is 0 Å². The van der Waals surface area contributed by atoms with Crippen molar-refractivity contribution < 1.29 is 14.3 Å². The highest BCUT2D eigenvalue weighted by atomic mass is 35.5. The summed E-state index contributed by atoms with van der Waals surface area (Å²) >= 11 is 6.05. The van der Waals surface area contributed by atoms with Gasteiger partial charge in [-0.3, -0.25) is 4.98 Å². The van der Waals surface area contributed by atoms with Crippen molar-refractivity contribution in [1.82, 2.24) is 19.9 Å². The van der Waals surface area contributed by atoms with Crippen molar-refractivity contribution in [2.24, 2.45) is 0 Å². The fourth-order valence-corrected chi connectivity index (χ4v) is 2.80. The molecule has 28 heavy (non-hydrogen) atoms. The van der Waals surface area contributed by atoms with Gasteiger partial charge < -0.3 is 19.7 Å². The van der Waals surface area contributed by atoms with Crippen molar-refractivity contribution in [3.8, 4) is 0 Å². The van der Waals surface area contributed by atoms with E-state index in [1.165, 1.54) is 0 Å². The van der Waals surface area contributed by atoms with E-state index in [0.29, 0.717) is 48.2 Å². The number of nitrogens with zero attached hydrogens (tertiary/aromatic N) is 4. The summed E-state index contributed by atoms with van der Waals surface area (Å²) in [6.45, 7) is 11.4. The number of hydrogen-bond donors (Lipinski definition) is 1. The predicted molar refractivity (Wildman–Crippen MR) is 110 cm³/mol. The Morgan fingerprint density at radius 3 is 2.79 bits per heavy atom. The third-order valence-corrected chi connectivity index (χ3v) is 3.91. The molecule has 3 rings (SSSR count). The van der Waals surface area contributed by atoms with Crippen LogP contribution in [0.15, 0.2) is 18.5 Å². The number of fused-ring (bicyclic) bond motifs is 1. The largest absolute Gasteiger partial charge is 0.444 e. The number of anilines is 1. The summed E-state index contributed by atoms with van der Waals surface area (Å²) in [5.74, 6) is 0.540. The number of aromatic nitrogens is 3. The molecule has 3 heterocycles. The number of pyridine rings is 1. The number of rotatable bonds is 3. The minimum absolute atomic E-state index is 0.191. The molecule has 8 nitrogen and oxygen atoms in total. The SMILES string of the molecule is CC.CC(C)(C)OC(=O)N1CCO[C@H](CNc2nc(Cl)cc3nccnc23)C1. The van der Waals surface area contributed by atoms with Gasteiger partial charge in [0.15, 0.2) is 5.82 Å². The standard InChI is InChI=1S/C17H22ClN5O3.C2H6/c1-17(2,3)26-16(24)23-6-7-25-11(10-23)9-21-15-14-12(8-13(18)22-15)19-4-5-20-14;1-2/h4-5,8,11H,6-7,9-10H2,1-3H3,(H,21,22);1-2H3/t11-;/m1./s1. The van der Waals surface area contributed by atoms with Crippen LogP contribution in [-0.4, -0.2) is 63.9 Å². The predicted octanol–water partition coefficient (Wildman–Crippen LogP) is 3.75. The molecule has 0 saturated carbocycles. The van der Waals surface area contributed by atoms with E-state index in [4.69, 9.17) is 21.1 Å². The summed E-state index contributed by atoms with van der Waals surface area (Å²) in [7, 11) is 0. The Kier molecular flexibility index (Phi) is 7.77. The topological polar surface area (TPSA) is 89.5 Å². The first-order chi connectivity index (χ1) is 13.3. The Balaban J connectivity index is 0.00000136. The molecule has 1 aliphatic rings. The van der Waals surface area contributed by atoms with Crippen LogP contribution in [0.25, 0.3) is 11.0 Å². The monoisotopic (exact) mass is 409 g/mol. The average Bonchev–Trinajstić information content (AvgIpc) is 2.66. The maximum atomic E-state index is 12.2. The first-order valence-electron chi connectivity index (χ1n) is 9.42. The Labute approximate surface area is 170 Å². The molecule has 1 atom stereocenters. The van der Waals surface area contributed by atoms with Gasteiger partial charge in [0, 0.05) is 31.5 Å². The van der Waals surface area contributed by atoms with Crippen LogP contribution in [0.3, 0.4) is 0 Å². The van der Waals surface area contributed by atoms with Gasteiger partial charge in [0.2, 0.25) is 0 Å². The smallest absolute Gasteiger partial charge is 0.410 e. The lowest BCUT2D eigenvalue weighted by atomic mass is 10.2. The molecule has 0 radical (unpaired) electrons. The van der Waals surface area contributed by atoms with E-state index in [9.17, 15) is 4.79 Å². The molecule has 0 aromatic carbocycles. The molecule has 2 aromatic heterocycles. The van der Waals surface area contributed by atoms with E-state index in [1.54, 1.807) is 23.4 Å².